The molecule has 1 heterocycles. The van der Waals surface area contributed by atoms with Crippen molar-refractivity contribution in [2.24, 2.45) is 5.92 Å². The summed E-state index contributed by atoms with van der Waals surface area (Å²) >= 11 is 0. The Hall–Kier alpha value is -1.26. The van der Waals surface area contributed by atoms with Gasteiger partial charge in [0.25, 0.3) is 0 Å². The van der Waals surface area contributed by atoms with Crippen molar-refractivity contribution in [3.63, 3.8) is 0 Å². The summed E-state index contributed by atoms with van der Waals surface area (Å²) < 4.78 is 0. The van der Waals surface area contributed by atoms with Crippen LogP contribution in [0.4, 0.5) is 4.79 Å². The zero-order valence-corrected chi connectivity index (χ0v) is 12.6. The van der Waals surface area contributed by atoms with E-state index in [4.69, 9.17) is 0 Å². The van der Waals surface area contributed by atoms with Crippen LogP contribution in [0.1, 0.15) is 47.5 Å². The third-order valence-electron chi connectivity index (χ3n) is 4.36. The standard InChI is InChI=1S/C14H26N2O3/c1-6-16(14(4,5)12(17)18)13(19)15-9-7-8-10(2)11(15)3/h10-11H,6-9H2,1-5H3,(H,17,18). The summed E-state index contributed by atoms with van der Waals surface area (Å²) in [6, 6.07) is 0.00819. The number of amides is 2. The number of carboxylic acid groups (broad SMARTS) is 1. The highest BCUT2D eigenvalue weighted by Crippen LogP contribution is 2.26. The maximum atomic E-state index is 12.6. The molecule has 2 unspecified atom stereocenters. The normalized spacial score (nSPS) is 24.2. The molecule has 1 aliphatic rings. The molecule has 1 N–H and O–H groups in total. The highest BCUT2D eigenvalue weighted by molar-refractivity contribution is 5.85. The fourth-order valence-corrected chi connectivity index (χ4v) is 2.65. The maximum absolute atomic E-state index is 12.6. The van der Waals surface area contributed by atoms with Crippen molar-refractivity contribution in [2.45, 2.75) is 59.0 Å². The van der Waals surface area contributed by atoms with Gasteiger partial charge in [-0.05, 0) is 46.5 Å². The molecule has 1 aliphatic heterocycles. The second kappa shape index (κ2) is 5.80. The van der Waals surface area contributed by atoms with Crippen LogP contribution in [0.2, 0.25) is 0 Å². The number of piperidine rings is 1. The fourth-order valence-electron chi connectivity index (χ4n) is 2.65. The molecule has 0 radical (unpaired) electrons. The Morgan fingerprint density at radius 2 is 1.95 bits per heavy atom. The van der Waals surface area contributed by atoms with Gasteiger partial charge in [0, 0.05) is 19.1 Å². The quantitative estimate of drug-likeness (QED) is 0.856. The first kappa shape index (κ1) is 15.8. The molecule has 2 atom stereocenters. The zero-order valence-electron chi connectivity index (χ0n) is 12.6. The van der Waals surface area contributed by atoms with Crippen LogP contribution in [-0.2, 0) is 4.79 Å². The van der Waals surface area contributed by atoms with Crippen LogP contribution >= 0.6 is 0 Å². The Balaban J connectivity index is 2.93. The molecule has 0 aromatic rings. The SMILES string of the molecule is CCN(C(=O)N1CCCC(C)C1C)C(C)(C)C(=O)O. The molecule has 1 saturated heterocycles. The summed E-state index contributed by atoms with van der Waals surface area (Å²) in [6.07, 6.45) is 2.11. The maximum Gasteiger partial charge on any atom is 0.329 e. The number of carboxylic acids is 1. The van der Waals surface area contributed by atoms with Crippen LogP contribution in [0.15, 0.2) is 0 Å². The van der Waals surface area contributed by atoms with Crippen LogP contribution in [-0.4, -0.2) is 51.6 Å². The largest absolute Gasteiger partial charge is 0.480 e. The summed E-state index contributed by atoms with van der Waals surface area (Å²) in [7, 11) is 0. The number of rotatable bonds is 3. The van der Waals surface area contributed by atoms with E-state index < -0.39 is 11.5 Å². The summed E-state index contributed by atoms with van der Waals surface area (Å²) in [5.74, 6) is -0.509. The second-order valence-electron chi connectivity index (χ2n) is 5.94. The fraction of sp³-hybridized carbons (Fsp3) is 0.857. The van der Waals surface area contributed by atoms with Gasteiger partial charge in [-0.2, -0.15) is 0 Å². The number of likely N-dealkylation sites (tertiary alicyclic amines) is 1. The van der Waals surface area contributed by atoms with Crippen molar-refractivity contribution in [3.05, 3.63) is 0 Å². The minimum atomic E-state index is -1.17. The first-order valence-electron chi connectivity index (χ1n) is 7.05. The van der Waals surface area contributed by atoms with E-state index in [1.54, 1.807) is 13.8 Å². The molecule has 19 heavy (non-hydrogen) atoms. The van der Waals surface area contributed by atoms with E-state index in [1.165, 1.54) is 4.90 Å². The Morgan fingerprint density at radius 3 is 2.42 bits per heavy atom. The average Bonchev–Trinajstić information content (AvgIpc) is 2.32. The predicted octanol–water partition coefficient (Wildman–Crippen LogP) is 2.41. The smallest absolute Gasteiger partial charge is 0.329 e. The average molecular weight is 270 g/mol. The molecule has 1 fully saturated rings. The van der Waals surface area contributed by atoms with Gasteiger partial charge >= 0.3 is 12.0 Å². The van der Waals surface area contributed by atoms with Gasteiger partial charge in [0.1, 0.15) is 5.54 Å². The zero-order chi connectivity index (χ0) is 14.8. The van der Waals surface area contributed by atoms with Crippen LogP contribution in [0.25, 0.3) is 0 Å². The van der Waals surface area contributed by atoms with E-state index >= 15 is 0 Å². The van der Waals surface area contributed by atoms with Crippen LogP contribution < -0.4 is 0 Å². The lowest BCUT2D eigenvalue weighted by atomic mass is 9.92. The molecule has 0 saturated carbocycles. The van der Waals surface area contributed by atoms with Gasteiger partial charge in [-0.25, -0.2) is 9.59 Å². The first-order chi connectivity index (χ1) is 8.73. The van der Waals surface area contributed by atoms with Gasteiger partial charge in [0.05, 0.1) is 0 Å². The molecular formula is C14H26N2O3. The molecule has 5 nitrogen and oxygen atoms in total. The number of hydrogen-bond acceptors (Lipinski definition) is 2. The molecule has 2 amide bonds. The van der Waals surface area contributed by atoms with Gasteiger partial charge in [-0.15, -0.1) is 0 Å². The number of hydrogen-bond donors (Lipinski definition) is 1. The highest BCUT2D eigenvalue weighted by Gasteiger charge is 2.40. The lowest BCUT2D eigenvalue weighted by Crippen LogP contribution is -2.59. The van der Waals surface area contributed by atoms with Crippen molar-refractivity contribution < 1.29 is 14.7 Å². The third-order valence-corrected chi connectivity index (χ3v) is 4.36. The highest BCUT2D eigenvalue weighted by atomic mass is 16.4. The van der Waals surface area contributed by atoms with Crippen LogP contribution in [0.3, 0.4) is 0 Å². The Labute approximate surface area is 115 Å². The Bertz CT molecular complexity index is 355. The molecular weight excluding hydrogens is 244 g/mol. The van der Waals surface area contributed by atoms with Crippen molar-refractivity contribution in [1.82, 2.24) is 9.80 Å². The molecule has 1 rings (SSSR count). The number of urea groups is 1. The van der Waals surface area contributed by atoms with E-state index in [1.807, 2.05) is 18.7 Å². The Morgan fingerprint density at radius 1 is 1.37 bits per heavy atom. The summed E-state index contributed by atoms with van der Waals surface area (Å²) in [5, 5.41) is 9.30. The molecule has 0 aliphatic carbocycles. The number of aliphatic carboxylic acids is 1. The van der Waals surface area contributed by atoms with Crippen molar-refractivity contribution in [1.29, 1.82) is 0 Å². The van der Waals surface area contributed by atoms with E-state index in [0.29, 0.717) is 12.5 Å². The first-order valence-corrected chi connectivity index (χ1v) is 7.05. The monoisotopic (exact) mass is 270 g/mol. The summed E-state index contributed by atoms with van der Waals surface area (Å²) in [4.78, 5) is 27.2. The molecule has 0 bridgehead atoms. The Kier molecular flexibility index (Phi) is 4.82. The van der Waals surface area contributed by atoms with E-state index in [2.05, 4.69) is 6.92 Å². The van der Waals surface area contributed by atoms with Crippen molar-refractivity contribution in [3.8, 4) is 0 Å². The third kappa shape index (κ3) is 3.01. The summed E-state index contributed by atoms with van der Waals surface area (Å²) in [6.45, 7) is 10.3. The number of carbonyl (C=O) groups excluding carboxylic acids is 1. The van der Waals surface area contributed by atoms with Gasteiger partial charge < -0.3 is 14.9 Å². The van der Waals surface area contributed by atoms with Crippen molar-refractivity contribution in [2.75, 3.05) is 13.1 Å². The predicted molar refractivity (Wildman–Crippen MR) is 74.1 cm³/mol. The lowest BCUT2D eigenvalue weighted by Gasteiger charge is -2.43. The summed E-state index contributed by atoms with van der Waals surface area (Å²) in [5.41, 5.74) is -1.17. The number of likely N-dealkylation sites (N-methyl/N-ethyl adjacent to an activating group) is 1. The number of nitrogens with zero attached hydrogens (tertiary/aromatic N) is 2. The van der Waals surface area contributed by atoms with E-state index in [-0.39, 0.29) is 12.1 Å². The van der Waals surface area contributed by atoms with Gasteiger partial charge in [-0.1, -0.05) is 6.92 Å². The van der Waals surface area contributed by atoms with Crippen LogP contribution in [0.5, 0.6) is 0 Å². The number of carbonyl (C=O) groups is 2. The van der Waals surface area contributed by atoms with Gasteiger partial charge in [-0.3, -0.25) is 0 Å². The lowest BCUT2D eigenvalue weighted by molar-refractivity contribution is -0.148. The second-order valence-corrected chi connectivity index (χ2v) is 5.94. The molecule has 0 spiro atoms. The van der Waals surface area contributed by atoms with Gasteiger partial charge in [0.15, 0.2) is 0 Å². The van der Waals surface area contributed by atoms with Crippen LogP contribution in [0, 0.1) is 5.92 Å². The molecule has 5 heteroatoms. The molecule has 110 valence electrons. The molecule has 0 aromatic carbocycles. The minimum Gasteiger partial charge on any atom is -0.480 e. The van der Waals surface area contributed by atoms with E-state index in [0.717, 1.165) is 19.4 Å². The topological polar surface area (TPSA) is 60.9 Å². The minimum absolute atomic E-state index is 0.158. The molecule has 0 aromatic heterocycles. The van der Waals surface area contributed by atoms with E-state index in [9.17, 15) is 14.7 Å². The van der Waals surface area contributed by atoms with Gasteiger partial charge in [0.2, 0.25) is 0 Å². The van der Waals surface area contributed by atoms with Crippen molar-refractivity contribution >= 4 is 12.0 Å².